The van der Waals surface area contributed by atoms with Crippen molar-refractivity contribution in [1.82, 2.24) is 5.16 Å². The predicted octanol–water partition coefficient (Wildman–Crippen LogP) is 3.62. The SMILES string of the molecule is COc1ccc(-c2oncc2C(=O)Nc2ccc(OC)cc2OC)cc1. The van der Waals surface area contributed by atoms with Crippen molar-refractivity contribution in [3.8, 4) is 28.6 Å². The van der Waals surface area contributed by atoms with Gasteiger partial charge in [-0.2, -0.15) is 0 Å². The second-order valence-corrected chi connectivity index (χ2v) is 5.32. The Hall–Kier alpha value is -3.48. The number of aromatic nitrogens is 1. The molecule has 7 nitrogen and oxygen atoms in total. The number of anilines is 1. The lowest BCUT2D eigenvalue weighted by atomic mass is 10.1. The number of nitrogens with zero attached hydrogens (tertiary/aromatic N) is 1. The number of nitrogens with one attached hydrogen (secondary N) is 1. The fourth-order valence-electron chi connectivity index (χ4n) is 2.44. The zero-order chi connectivity index (χ0) is 18.5. The first-order valence-corrected chi connectivity index (χ1v) is 7.78. The van der Waals surface area contributed by atoms with Gasteiger partial charge >= 0.3 is 0 Å². The Morgan fingerprint density at radius 1 is 0.962 bits per heavy atom. The zero-order valence-electron chi connectivity index (χ0n) is 14.6. The van der Waals surface area contributed by atoms with Crippen molar-refractivity contribution in [2.24, 2.45) is 0 Å². The molecule has 26 heavy (non-hydrogen) atoms. The molecule has 0 unspecified atom stereocenters. The van der Waals surface area contributed by atoms with Gasteiger partial charge in [0.2, 0.25) is 0 Å². The lowest BCUT2D eigenvalue weighted by Crippen LogP contribution is -2.13. The van der Waals surface area contributed by atoms with E-state index >= 15 is 0 Å². The van der Waals surface area contributed by atoms with Gasteiger partial charge in [-0.3, -0.25) is 4.79 Å². The summed E-state index contributed by atoms with van der Waals surface area (Å²) >= 11 is 0. The van der Waals surface area contributed by atoms with Crippen LogP contribution in [0.15, 0.2) is 53.2 Å². The lowest BCUT2D eigenvalue weighted by molar-refractivity contribution is 0.102. The van der Waals surface area contributed by atoms with Crippen LogP contribution in [0.1, 0.15) is 10.4 Å². The third kappa shape index (κ3) is 3.46. The highest BCUT2D eigenvalue weighted by Crippen LogP contribution is 2.31. The van der Waals surface area contributed by atoms with Crippen LogP contribution in [0.2, 0.25) is 0 Å². The quantitative estimate of drug-likeness (QED) is 0.728. The molecule has 1 N–H and O–H groups in total. The second-order valence-electron chi connectivity index (χ2n) is 5.32. The molecule has 0 spiro atoms. The highest BCUT2D eigenvalue weighted by Gasteiger charge is 2.19. The van der Waals surface area contributed by atoms with Crippen LogP contribution in [0.5, 0.6) is 17.2 Å². The number of carbonyl (C=O) groups excluding carboxylic acids is 1. The van der Waals surface area contributed by atoms with Crippen LogP contribution in [0.4, 0.5) is 5.69 Å². The van der Waals surface area contributed by atoms with Crippen LogP contribution < -0.4 is 19.5 Å². The molecular formula is C19H18N2O5. The topological polar surface area (TPSA) is 82.8 Å². The molecule has 1 heterocycles. The third-order valence-electron chi connectivity index (χ3n) is 3.82. The van der Waals surface area contributed by atoms with E-state index < -0.39 is 0 Å². The highest BCUT2D eigenvalue weighted by atomic mass is 16.5. The van der Waals surface area contributed by atoms with E-state index in [-0.39, 0.29) is 5.91 Å². The molecule has 0 bridgehead atoms. The number of hydrogen-bond acceptors (Lipinski definition) is 6. The molecule has 3 aromatic rings. The van der Waals surface area contributed by atoms with Crippen molar-refractivity contribution in [3.05, 3.63) is 54.2 Å². The van der Waals surface area contributed by atoms with Gasteiger partial charge in [-0.05, 0) is 36.4 Å². The monoisotopic (exact) mass is 354 g/mol. The van der Waals surface area contributed by atoms with Crippen molar-refractivity contribution in [3.63, 3.8) is 0 Å². The Morgan fingerprint density at radius 3 is 2.31 bits per heavy atom. The van der Waals surface area contributed by atoms with Gasteiger partial charge in [0, 0.05) is 11.6 Å². The van der Waals surface area contributed by atoms with Gasteiger partial charge in [-0.25, -0.2) is 0 Å². The van der Waals surface area contributed by atoms with Gasteiger partial charge in [-0.15, -0.1) is 0 Å². The van der Waals surface area contributed by atoms with Gasteiger partial charge in [-0.1, -0.05) is 5.16 Å². The lowest BCUT2D eigenvalue weighted by Gasteiger charge is -2.11. The number of ether oxygens (including phenoxy) is 3. The Bertz CT molecular complexity index is 903. The molecule has 0 saturated carbocycles. The number of rotatable bonds is 6. The molecule has 0 radical (unpaired) electrons. The minimum absolute atomic E-state index is 0.313. The molecule has 0 atom stereocenters. The van der Waals surface area contributed by atoms with Gasteiger partial charge in [0.1, 0.15) is 22.8 Å². The molecule has 1 aromatic heterocycles. The average Bonchev–Trinajstić information content (AvgIpc) is 3.18. The first-order chi connectivity index (χ1) is 12.7. The molecule has 134 valence electrons. The summed E-state index contributed by atoms with van der Waals surface area (Å²) in [6, 6.07) is 12.3. The Balaban J connectivity index is 1.86. The van der Waals surface area contributed by atoms with Crippen molar-refractivity contribution in [1.29, 1.82) is 0 Å². The number of methoxy groups -OCH3 is 3. The van der Waals surface area contributed by atoms with Gasteiger partial charge < -0.3 is 24.1 Å². The van der Waals surface area contributed by atoms with Crippen molar-refractivity contribution >= 4 is 11.6 Å². The van der Waals surface area contributed by atoms with Crippen molar-refractivity contribution in [2.75, 3.05) is 26.6 Å². The molecule has 0 saturated heterocycles. The first kappa shape index (κ1) is 17.3. The summed E-state index contributed by atoms with van der Waals surface area (Å²) in [6.07, 6.45) is 1.38. The third-order valence-corrected chi connectivity index (χ3v) is 3.82. The number of hydrogen-bond donors (Lipinski definition) is 1. The van der Waals surface area contributed by atoms with Crippen LogP contribution >= 0.6 is 0 Å². The Morgan fingerprint density at radius 2 is 1.65 bits per heavy atom. The normalized spacial score (nSPS) is 10.3. The summed E-state index contributed by atoms with van der Waals surface area (Å²) in [5.41, 5.74) is 1.54. The van der Waals surface area contributed by atoms with E-state index in [1.807, 2.05) is 0 Å². The maximum absolute atomic E-state index is 12.7. The molecule has 7 heteroatoms. The van der Waals surface area contributed by atoms with Gasteiger partial charge in [0.05, 0.1) is 33.2 Å². The largest absolute Gasteiger partial charge is 0.497 e. The van der Waals surface area contributed by atoms with Crippen LogP contribution in [0, 0.1) is 0 Å². The fourth-order valence-corrected chi connectivity index (χ4v) is 2.44. The average molecular weight is 354 g/mol. The van der Waals surface area contributed by atoms with E-state index in [1.54, 1.807) is 56.7 Å². The molecular weight excluding hydrogens is 336 g/mol. The van der Waals surface area contributed by atoms with E-state index in [9.17, 15) is 4.79 Å². The van der Waals surface area contributed by atoms with Crippen LogP contribution in [-0.2, 0) is 0 Å². The minimum atomic E-state index is -0.361. The minimum Gasteiger partial charge on any atom is -0.497 e. The summed E-state index contributed by atoms with van der Waals surface area (Å²) in [5.74, 6) is 1.84. The summed E-state index contributed by atoms with van der Waals surface area (Å²) in [6.45, 7) is 0. The molecule has 2 aromatic carbocycles. The molecule has 1 amide bonds. The maximum Gasteiger partial charge on any atom is 0.261 e. The summed E-state index contributed by atoms with van der Waals surface area (Å²) in [7, 11) is 4.67. The van der Waals surface area contributed by atoms with Gasteiger partial charge in [0.15, 0.2) is 5.76 Å². The van der Waals surface area contributed by atoms with Gasteiger partial charge in [0.25, 0.3) is 5.91 Å². The molecule has 0 aliphatic carbocycles. The van der Waals surface area contributed by atoms with E-state index in [2.05, 4.69) is 10.5 Å². The fraction of sp³-hybridized carbons (Fsp3) is 0.158. The van der Waals surface area contributed by atoms with Crippen molar-refractivity contribution in [2.45, 2.75) is 0 Å². The maximum atomic E-state index is 12.7. The first-order valence-electron chi connectivity index (χ1n) is 7.78. The highest BCUT2D eigenvalue weighted by molar-refractivity contribution is 6.08. The van der Waals surface area contributed by atoms with Crippen molar-refractivity contribution < 1.29 is 23.5 Å². The van der Waals surface area contributed by atoms with Crippen LogP contribution in [0.25, 0.3) is 11.3 Å². The van der Waals surface area contributed by atoms with E-state index in [0.717, 1.165) is 5.56 Å². The molecule has 0 aliphatic heterocycles. The van der Waals surface area contributed by atoms with E-state index in [1.165, 1.54) is 13.3 Å². The molecule has 0 aliphatic rings. The number of amides is 1. The predicted molar refractivity (Wildman–Crippen MR) is 96.0 cm³/mol. The van der Waals surface area contributed by atoms with E-state index in [0.29, 0.717) is 34.3 Å². The second kappa shape index (κ2) is 7.60. The summed E-state index contributed by atoms with van der Waals surface area (Å²) in [5, 5.41) is 6.56. The van der Waals surface area contributed by atoms with E-state index in [4.69, 9.17) is 18.7 Å². The molecule has 3 rings (SSSR count). The zero-order valence-corrected chi connectivity index (χ0v) is 14.6. The summed E-state index contributed by atoms with van der Waals surface area (Å²) < 4.78 is 20.9. The smallest absolute Gasteiger partial charge is 0.261 e. The Kier molecular flexibility index (Phi) is 5.07. The van der Waals surface area contributed by atoms with Crippen LogP contribution in [-0.4, -0.2) is 32.4 Å². The number of benzene rings is 2. The Labute approximate surface area is 150 Å². The number of carbonyl (C=O) groups is 1. The molecule has 0 fully saturated rings. The standard InChI is InChI=1S/C19H18N2O5/c1-23-13-6-4-12(5-7-13)18-15(11-20-26-18)19(22)21-16-9-8-14(24-2)10-17(16)25-3/h4-11H,1-3H3,(H,21,22). The summed E-state index contributed by atoms with van der Waals surface area (Å²) in [4.78, 5) is 12.7. The van der Waals surface area contributed by atoms with Crippen LogP contribution in [0.3, 0.4) is 0 Å².